The minimum atomic E-state index is 0.0142. The molecule has 0 aromatic heterocycles. The molecule has 1 saturated heterocycles. The Morgan fingerprint density at radius 1 is 1.53 bits per heavy atom. The molecule has 2 N–H and O–H groups in total. The Morgan fingerprint density at radius 2 is 2.33 bits per heavy atom. The van der Waals surface area contributed by atoms with Gasteiger partial charge in [0.05, 0.1) is 0 Å². The molecule has 15 heavy (non-hydrogen) atoms. The highest BCUT2D eigenvalue weighted by Crippen LogP contribution is 2.00. The number of unbranched alkanes of at least 4 members (excludes halogenated alkanes) is 2. The lowest BCUT2D eigenvalue weighted by molar-refractivity contribution is -0.126. The Labute approximate surface area is 92.4 Å². The van der Waals surface area contributed by atoms with Gasteiger partial charge < -0.3 is 10.6 Å². The molecule has 88 valence electrons. The van der Waals surface area contributed by atoms with Crippen LogP contribution < -0.4 is 10.6 Å². The Morgan fingerprint density at radius 3 is 3.00 bits per heavy atom. The summed E-state index contributed by atoms with van der Waals surface area (Å²) in [6, 6.07) is 0.0142. The summed E-state index contributed by atoms with van der Waals surface area (Å²) in [4.78, 5) is 13.9. The number of carbonyl (C=O) groups is 1. The monoisotopic (exact) mass is 213 g/mol. The van der Waals surface area contributed by atoms with Crippen LogP contribution in [0.2, 0.25) is 0 Å². The quantitative estimate of drug-likeness (QED) is 0.641. The first kappa shape index (κ1) is 12.5. The van der Waals surface area contributed by atoms with Gasteiger partial charge in [0.25, 0.3) is 0 Å². The maximum atomic E-state index is 11.8. The molecule has 4 heteroatoms. The standard InChI is InChI=1S/C11H23N3O/c1-3-4-5-6-13-11(15)10-9-12-7-8-14(10)2/h10,12H,3-9H2,1-2H3,(H,13,15). The molecule has 0 bridgehead atoms. The van der Waals surface area contributed by atoms with Crippen LogP contribution in [0.5, 0.6) is 0 Å². The van der Waals surface area contributed by atoms with Crippen molar-refractivity contribution in [3.05, 3.63) is 0 Å². The molecule has 0 aromatic rings. The first-order valence-corrected chi connectivity index (χ1v) is 5.94. The lowest BCUT2D eigenvalue weighted by Crippen LogP contribution is -2.56. The van der Waals surface area contributed by atoms with Crippen LogP contribution in [0.3, 0.4) is 0 Å². The molecule has 1 atom stereocenters. The number of carbonyl (C=O) groups excluding carboxylic acids is 1. The number of piperazine rings is 1. The zero-order valence-electron chi connectivity index (χ0n) is 9.88. The van der Waals surface area contributed by atoms with Crippen molar-refractivity contribution in [1.82, 2.24) is 15.5 Å². The van der Waals surface area contributed by atoms with Gasteiger partial charge in [-0.05, 0) is 13.5 Å². The summed E-state index contributed by atoms with van der Waals surface area (Å²) < 4.78 is 0. The van der Waals surface area contributed by atoms with E-state index in [2.05, 4.69) is 22.5 Å². The highest BCUT2D eigenvalue weighted by molar-refractivity contribution is 5.82. The minimum absolute atomic E-state index is 0.0142. The van der Waals surface area contributed by atoms with Crippen molar-refractivity contribution in [3.8, 4) is 0 Å². The van der Waals surface area contributed by atoms with E-state index in [4.69, 9.17) is 0 Å². The molecule has 0 aliphatic carbocycles. The maximum absolute atomic E-state index is 11.8. The fourth-order valence-electron chi connectivity index (χ4n) is 1.80. The zero-order valence-corrected chi connectivity index (χ0v) is 9.88. The number of likely N-dealkylation sites (N-methyl/N-ethyl adjacent to an activating group) is 1. The number of nitrogens with zero attached hydrogens (tertiary/aromatic N) is 1. The molecule has 1 amide bonds. The van der Waals surface area contributed by atoms with E-state index in [1.807, 2.05) is 7.05 Å². The van der Waals surface area contributed by atoms with E-state index in [0.29, 0.717) is 0 Å². The summed E-state index contributed by atoms with van der Waals surface area (Å²) in [7, 11) is 2.01. The van der Waals surface area contributed by atoms with Crippen molar-refractivity contribution >= 4 is 5.91 Å². The van der Waals surface area contributed by atoms with Gasteiger partial charge in [-0.1, -0.05) is 19.8 Å². The van der Waals surface area contributed by atoms with Crippen LogP contribution >= 0.6 is 0 Å². The Balaban J connectivity index is 2.20. The van der Waals surface area contributed by atoms with Gasteiger partial charge in [0, 0.05) is 26.2 Å². The van der Waals surface area contributed by atoms with Gasteiger partial charge in [0.15, 0.2) is 0 Å². The number of nitrogens with one attached hydrogen (secondary N) is 2. The van der Waals surface area contributed by atoms with Crippen LogP contribution in [0.4, 0.5) is 0 Å². The second-order valence-corrected chi connectivity index (χ2v) is 4.20. The van der Waals surface area contributed by atoms with Gasteiger partial charge in [0.2, 0.25) is 5.91 Å². The highest BCUT2D eigenvalue weighted by atomic mass is 16.2. The molecular weight excluding hydrogens is 190 g/mol. The molecule has 1 aliphatic rings. The number of rotatable bonds is 5. The van der Waals surface area contributed by atoms with Crippen LogP contribution in [0.15, 0.2) is 0 Å². The van der Waals surface area contributed by atoms with Crippen molar-refractivity contribution in [2.45, 2.75) is 32.2 Å². The van der Waals surface area contributed by atoms with Gasteiger partial charge in [-0.25, -0.2) is 0 Å². The fraction of sp³-hybridized carbons (Fsp3) is 0.909. The van der Waals surface area contributed by atoms with Crippen LogP contribution in [0, 0.1) is 0 Å². The van der Waals surface area contributed by atoms with Crippen LogP contribution in [-0.4, -0.2) is 50.1 Å². The molecule has 0 aromatic carbocycles. The van der Waals surface area contributed by atoms with Gasteiger partial charge >= 0.3 is 0 Å². The normalized spacial score (nSPS) is 22.7. The molecule has 1 fully saturated rings. The van der Waals surface area contributed by atoms with Gasteiger partial charge in [-0.2, -0.15) is 0 Å². The predicted molar refractivity (Wildman–Crippen MR) is 61.8 cm³/mol. The number of hydrogen-bond donors (Lipinski definition) is 2. The first-order chi connectivity index (χ1) is 7.25. The van der Waals surface area contributed by atoms with E-state index in [1.54, 1.807) is 0 Å². The molecule has 1 aliphatic heterocycles. The van der Waals surface area contributed by atoms with Crippen LogP contribution in [0.1, 0.15) is 26.2 Å². The largest absolute Gasteiger partial charge is 0.355 e. The Hall–Kier alpha value is -0.610. The first-order valence-electron chi connectivity index (χ1n) is 5.94. The SMILES string of the molecule is CCCCCNC(=O)C1CNCCN1C. The molecule has 0 radical (unpaired) electrons. The lowest BCUT2D eigenvalue weighted by atomic mass is 10.2. The number of amides is 1. The van der Waals surface area contributed by atoms with Crippen LogP contribution in [0.25, 0.3) is 0 Å². The van der Waals surface area contributed by atoms with Gasteiger partial charge in [-0.15, -0.1) is 0 Å². The maximum Gasteiger partial charge on any atom is 0.238 e. The van der Waals surface area contributed by atoms with E-state index >= 15 is 0 Å². The zero-order chi connectivity index (χ0) is 11.1. The molecule has 1 rings (SSSR count). The van der Waals surface area contributed by atoms with Crippen molar-refractivity contribution in [3.63, 3.8) is 0 Å². The van der Waals surface area contributed by atoms with E-state index in [1.165, 1.54) is 12.8 Å². The summed E-state index contributed by atoms with van der Waals surface area (Å²) in [6.45, 7) is 5.69. The van der Waals surface area contributed by atoms with E-state index < -0.39 is 0 Å². The summed E-state index contributed by atoms with van der Waals surface area (Å²) in [5.74, 6) is 0.167. The second-order valence-electron chi connectivity index (χ2n) is 4.20. The van der Waals surface area contributed by atoms with Crippen molar-refractivity contribution in [1.29, 1.82) is 0 Å². The average molecular weight is 213 g/mol. The van der Waals surface area contributed by atoms with Crippen molar-refractivity contribution < 1.29 is 4.79 Å². The van der Waals surface area contributed by atoms with Gasteiger partial charge in [-0.3, -0.25) is 9.69 Å². The summed E-state index contributed by atoms with van der Waals surface area (Å²) in [5, 5.41) is 6.24. The molecule has 1 unspecified atom stereocenters. The van der Waals surface area contributed by atoms with E-state index in [-0.39, 0.29) is 11.9 Å². The second kappa shape index (κ2) is 6.80. The molecular formula is C11H23N3O. The predicted octanol–water partition coefficient (Wildman–Crippen LogP) is 0.196. The number of hydrogen-bond acceptors (Lipinski definition) is 3. The molecule has 4 nitrogen and oxygen atoms in total. The summed E-state index contributed by atoms with van der Waals surface area (Å²) in [6.07, 6.45) is 3.48. The highest BCUT2D eigenvalue weighted by Gasteiger charge is 2.24. The summed E-state index contributed by atoms with van der Waals surface area (Å²) in [5.41, 5.74) is 0. The van der Waals surface area contributed by atoms with E-state index in [0.717, 1.165) is 32.6 Å². The van der Waals surface area contributed by atoms with Crippen molar-refractivity contribution in [2.75, 3.05) is 33.2 Å². The Kier molecular flexibility index (Phi) is 5.65. The van der Waals surface area contributed by atoms with Crippen LogP contribution in [-0.2, 0) is 4.79 Å². The third kappa shape index (κ3) is 4.18. The fourth-order valence-corrected chi connectivity index (χ4v) is 1.80. The molecule has 1 heterocycles. The minimum Gasteiger partial charge on any atom is -0.355 e. The Bertz CT molecular complexity index is 196. The third-order valence-electron chi connectivity index (χ3n) is 2.89. The molecule has 0 spiro atoms. The van der Waals surface area contributed by atoms with Crippen molar-refractivity contribution in [2.24, 2.45) is 0 Å². The average Bonchev–Trinajstić information content (AvgIpc) is 2.25. The third-order valence-corrected chi connectivity index (χ3v) is 2.89. The molecule has 0 saturated carbocycles. The smallest absolute Gasteiger partial charge is 0.238 e. The summed E-state index contributed by atoms with van der Waals surface area (Å²) >= 11 is 0. The topological polar surface area (TPSA) is 44.4 Å². The van der Waals surface area contributed by atoms with E-state index in [9.17, 15) is 4.79 Å². The van der Waals surface area contributed by atoms with Gasteiger partial charge in [0.1, 0.15) is 6.04 Å². The lowest BCUT2D eigenvalue weighted by Gasteiger charge is -2.31.